The van der Waals surface area contributed by atoms with Gasteiger partial charge in [-0.1, -0.05) is 25.5 Å². The molecule has 0 amide bonds. The number of rotatable bonds is 8. The Morgan fingerprint density at radius 1 is 1.39 bits per heavy atom. The summed E-state index contributed by atoms with van der Waals surface area (Å²) < 4.78 is 2.13. The molecule has 3 nitrogen and oxygen atoms in total. The van der Waals surface area contributed by atoms with Crippen LogP contribution in [0.3, 0.4) is 0 Å². The Bertz CT molecular complexity index is 377. The van der Waals surface area contributed by atoms with E-state index in [1.807, 2.05) is 0 Å². The maximum atomic E-state index is 4.59. The minimum Gasteiger partial charge on any atom is -0.317 e. The summed E-state index contributed by atoms with van der Waals surface area (Å²) in [5, 5.41) is 7.93. The molecule has 0 saturated carbocycles. The van der Waals surface area contributed by atoms with Crippen molar-refractivity contribution in [2.24, 2.45) is 0 Å². The first-order valence-electron chi connectivity index (χ1n) is 7.13. The number of aromatic nitrogens is 2. The smallest absolute Gasteiger partial charge is 0.0624 e. The lowest BCUT2D eigenvalue weighted by Gasteiger charge is -2.05. The normalized spacial score (nSPS) is 12.1. The Kier molecular flexibility index (Phi) is 6.73. The minimum absolute atomic E-state index is 0.958. The first kappa shape index (κ1) is 15.0. The quantitative estimate of drug-likeness (QED) is 0.567. The highest BCUT2D eigenvalue weighted by Gasteiger charge is 2.05. The molecule has 0 bridgehead atoms. The predicted molar refractivity (Wildman–Crippen MR) is 77.9 cm³/mol. The van der Waals surface area contributed by atoms with Gasteiger partial charge in [0.1, 0.15) is 0 Å². The van der Waals surface area contributed by atoms with Gasteiger partial charge < -0.3 is 5.32 Å². The molecule has 0 aliphatic heterocycles. The molecule has 0 atom stereocenters. The first-order valence-corrected chi connectivity index (χ1v) is 7.13. The van der Waals surface area contributed by atoms with Crippen molar-refractivity contribution in [3.05, 3.63) is 29.1 Å². The van der Waals surface area contributed by atoms with Crippen LogP contribution >= 0.6 is 0 Å². The average molecular weight is 249 g/mol. The van der Waals surface area contributed by atoms with E-state index < -0.39 is 0 Å². The second-order valence-corrected chi connectivity index (χ2v) is 4.67. The van der Waals surface area contributed by atoms with Gasteiger partial charge in [0.25, 0.3) is 0 Å². The molecule has 0 unspecified atom stereocenters. The van der Waals surface area contributed by atoms with E-state index in [1.165, 1.54) is 17.0 Å². The van der Waals surface area contributed by atoms with Crippen LogP contribution in [0.2, 0.25) is 0 Å². The van der Waals surface area contributed by atoms with Gasteiger partial charge in [0, 0.05) is 18.7 Å². The lowest BCUT2D eigenvalue weighted by molar-refractivity contribution is 0.620. The zero-order valence-corrected chi connectivity index (χ0v) is 12.3. The van der Waals surface area contributed by atoms with Crippen molar-refractivity contribution in [3.63, 3.8) is 0 Å². The third-order valence-electron chi connectivity index (χ3n) is 3.10. The highest BCUT2D eigenvalue weighted by molar-refractivity contribution is 5.17. The monoisotopic (exact) mass is 249 g/mol. The molecule has 0 saturated heterocycles. The predicted octanol–water partition coefficient (Wildman–Crippen LogP) is 2.95. The van der Waals surface area contributed by atoms with Gasteiger partial charge in [0.2, 0.25) is 0 Å². The maximum absolute atomic E-state index is 4.59. The molecule has 0 aliphatic carbocycles. The minimum atomic E-state index is 0.958. The summed E-state index contributed by atoms with van der Waals surface area (Å²) in [6.45, 7) is 11.7. The number of nitrogens with one attached hydrogen (secondary N) is 1. The summed E-state index contributed by atoms with van der Waals surface area (Å²) in [6.07, 6.45) is 5.48. The van der Waals surface area contributed by atoms with E-state index >= 15 is 0 Å². The fourth-order valence-electron chi connectivity index (χ4n) is 2.06. The molecule has 1 rings (SSSR count). The highest BCUT2D eigenvalue weighted by Crippen LogP contribution is 2.11. The zero-order chi connectivity index (χ0) is 13.4. The average Bonchev–Trinajstić information content (AvgIpc) is 2.77. The van der Waals surface area contributed by atoms with E-state index in [0.29, 0.717) is 0 Å². The van der Waals surface area contributed by atoms with Crippen molar-refractivity contribution >= 4 is 0 Å². The van der Waals surface area contributed by atoms with Gasteiger partial charge >= 0.3 is 0 Å². The third kappa shape index (κ3) is 4.65. The van der Waals surface area contributed by atoms with Crippen molar-refractivity contribution in [2.75, 3.05) is 13.1 Å². The largest absolute Gasteiger partial charge is 0.317 e. The van der Waals surface area contributed by atoms with Crippen LogP contribution in [-0.2, 0) is 19.4 Å². The molecule has 0 radical (unpaired) electrons. The zero-order valence-electron chi connectivity index (χ0n) is 12.3. The molecule has 1 N–H and O–H groups in total. The number of aryl methyl sites for hydroxylation is 2. The number of hydrogen-bond donors (Lipinski definition) is 1. The fraction of sp³-hybridized carbons (Fsp3) is 0.667. The van der Waals surface area contributed by atoms with Crippen LogP contribution in [0.1, 0.15) is 45.5 Å². The summed E-state index contributed by atoms with van der Waals surface area (Å²) in [5.41, 5.74) is 3.98. The second kappa shape index (κ2) is 8.09. The maximum Gasteiger partial charge on any atom is 0.0624 e. The molecule has 1 aromatic heterocycles. The summed E-state index contributed by atoms with van der Waals surface area (Å²) in [5.74, 6) is 0. The number of hydrogen-bond acceptors (Lipinski definition) is 2. The number of allylic oxidation sites excluding steroid dienone is 1. The van der Waals surface area contributed by atoms with Crippen LogP contribution in [0, 0.1) is 0 Å². The van der Waals surface area contributed by atoms with E-state index in [2.05, 4.69) is 54.9 Å². The van der Waals surface area contributed by atoms with Gasteiger partial charge in [-0.25, -0.2) is 0 Å². The van der Waals surface area contributed by atoms with Crippen molar-refractivity contribution in [1.82, 2.24) is 15.1 Å². The summed E-state index contributed by atoms with van der Waals surface area (Å²) >= 11 is 0. The Morgan fingerprint density at radius 2 is 2.17 bits per heavy atom. The molecule has 0 fully saturated rings. The van der Waals surface area contributed by atoms with Gasteiger partial charge in [-0.15, -0.1) is 0 Å². The van der Waals surface area contributed by atoms with Gasteiger partial charge in [0.05, 0.1) is 5.69 Å². The summed E-state index contributed by atoms with van der Waals surface area (Å²) in [7, 11) is 0. The van der Waals surface area contributed by atoms with Crippen LogP contribution < -0.4 is 5.32 Å². The third-order valence-corrected chi connectivity index (χ3v) is 3.10. The van der Waals surface area contributed by atoms with Gasteiger partial charge in [-0.2, -0.15) is 5.10 Å². The van der Waals surface area contributed by atoms with Crippen LogP contribution in [-0.4, -0.2) is 22.9 Å². The second-order valence-electron chi connectivity index (χ2n) is 4.67. The fourth-order valence-corrected chi connectivity index (χ4v) is 2.06. The molecule has 3 heteroatoms. The van der Waals surface area contributed by atoms with Crippen LogP contribution in [0.15, 0.2) is 17.7 Å². The highest BCUT2D eigenvalue weighted by atomic mass is 15.3. The Morgan fingerprint density at radius 3 is 2.78 bits per heavy atom. The summed E-state index contributed by atoms with van der Waals surface area (Å²) in [6, 6.07) is 2.24. The SMILES string of the molecule is CCNCCC=C(C)Cc1cc(CC)nn1CC. The molecule has 0 spiro atoms. The Hall–Kier alpha value is -1.09. The van der Waals surface area contributed by atoms with Crippen molar-refractivity contribution < 1.29 is 0 Å². The lowest BCUT2D eigenvalue weighted by atomic mass is 10.1. The van der Waals surface area contributed by atoms with Crippen molar-refractivity contribution in [1.29, 1.82) is 0 Å². The lowest BCUT2D eigenvalue weighted by Crippen LogP contribution is -2.13. The standard InChI is InChI=1S/C15H27N3/c1-5-14-12-15(18(7-3)17-14)11-13(4)9-8-10-16-6-2/h9,12,16H,5-8,10-11H2,1-4H3. The Labute approximate surface area is 111 Å². The molecular formula is C15H27N3. The molecule has 102 valence electrons. The van der Waals surface area contributed by atoms with E-state index in [9.17, 15) is 0 Å². The molecule has 0 aromatic carbocycles. The van der Waals surface area contributed by atoms with Crippen LogP contribution in [0.25, 0.3) is 0 Å². The topological polar surface area (TPSA) is 29.9 Å². The van der Waals surface area contributed by atoms with Crippen LogP contribution in [0.4, 0.5) is 0 Å². The van der Waals surface area contributed by atoms with Gasteiger partial charge in [-0.05, 0) is 45.8 Å². The molecule has 18 heavy (non-hydrogen) atoms. The first-order chi connectivity index (χ1) is 8.71. The molecule has 1 heterocycles. The van der Waals surface area contributed by atoms with E-state index in [0.717, 1.165) is 38.9 Å². The van der Waals surface area contributed by atoms with E-state index in [-0.39, 0.29) is 0 Å². The molecular weight excluding hydrogens is 222 g/mol. The summed E-state index contributed by atoms with van der Waals surface area (Å²) in [4.78, 5) is 0. The van der Waals surface area contributed by atoms with Crippen LogP contribution in [0.5, 0.6) is 0 Å². The number of nitrogens with zero attached hydrogens (tertiary/aromatic N) is 2. The van der Waals surface area contributed by atoms with Gasteiger partial charge in [0.15, 0.2) is 0 Å². The van der Waals surface area contributed by atoms with Crippen molar-refractivity contribution in [2.45, 2.75) is 53.5 Å². The Balaban J connectivity index is 2.57. The molecule has 1 aromatic rings. The van der Waals surface area contributed by atoms with E-state index in [1.54, 1.807) is 0 Å². The van der Waals surface area contributed by atoms with E-state index in [4.69, 9.17) is 0 Å². The van der Waals surface area contributed by atoms with Crippen molar-refractivity contribution in [3.8, 4) is 0 Å². The molecule has 0 aliphatic rings. The van der Waals surface area contributed by atoms with Gasteiger partial charge in [-0.3, -0.25) is 4.68 Å².